The van der Waals surface area contributed by atoms with Crippen molar-refractivity contribution in [1.29, 1.82) is 0 Å². The molecule has 1 atom stereocenters. The molecule has 0 radical (unpaired) electrons. The van der Waals surface area contributed by atoms with Crippen LogP contribution in [-0.4, -0.2) is 37.6 Å². The molecule has 15 heavy (non-hydrogen) atoms. The van der Waals surface area contributed by atoms with Crippen LogP contribution in [0, 0.1) is 5.92 Å². The maximum absolute atomic E-state index is 11.4. The topological polar surface area (TPSA) is 61.6 Å². The lowest BCUT2D eigenvalue weighted by Crippen LogP contribution is -2.34. The third-order valence-corrected chi connectivity index (χ3v) is 2.80. The monoisotopic (exact) mass is 233 g/mol. The van der Waals surface area contributed by atoms with Crippen LogP contribution in [0.3, 0.4) is 0 Å². The molecule has 0 aromatic rings. The fraction of sp³-hybridized carbons (Fsp3) is 0.900. The quantitative estimate of drug-likeness (QED) is 0.539. The minimum atomic E-state index is -0.526. The standard InChI is InChI=1S/C10H19NO3S/c11-9(3-6-15)10(12)14-7-8-1-4-13-5-2-8/h8-9,15H,1-7,11H2. The van der Waals surface area contributed by atoms with Gasteiger partial charge in [-0.15, -0.1) is 0 Å². The molecule has 1 aliphatic heterocycles. The highest BCUT2D eigenvalue weighted by molar-refractivity contribution is 7.80. The average Bonchev–Trinajstić information content (AvgIpc) is 2.27. The summed E-state index contributed by atoms with van der Waals surface area (Å²) < 4.78 is 10.4. The Labute approximate surface area is 95.9 Å². The molecule has 1 rings (SSSR count). The van der Waals surface area contributed by atoms with Gasteiger partial charge in [0, 0.05) is 13.2 Å². The summed E-state index contributed by atoms with van der Waals surface area (Å²) in [5.74, 6) is 0.731. The van der Waals surface area contributed by atoms with Crippen molar-refractivity contribution in [3.63, 3.8) is 0 Å². The van der Waals surface area contributed by atoms with Crippen molar-refractivity contribution in [3.8, 4) is 0 Å². The van der Waals surface area contributed by atoms with E-state index in [0.717, 1.165) is 26.1 Å². The van der Waals surface area contributed by atoms with E-state index in [2.05, 4.69) is 12.6 Å². The summed E-state index contributed by atoms with van der Waals surface area (Å²) >= 11 is 4.02. The van der Waals surface area contributed by atoms with Gasteiger partial charge in [0.2, 0.25) is 0 Å². The molecule has 88 valence electrons. The van der Waals surface area contributed by atoms with Crippen molar-refractivity contribution in [1.82, 2.24) is 0 Å². The molecule has 0 spiro atoms. The fourth-order valence-corrected chi connectivity index (χ4v) is 1.76. The molecule has 0 aliphatic carbocycles. The highest BCUT2D eigenvalue weighted by Crippen LogP contribution is 2.14. The van der Waals surface area contributed by atoms with E-state index in [-0.39, 0.29) is 5.97 Å². The van der Waals surface area contributed by atoms with E-state index in [4.69, 9.17) is 15.2 Å². The highest BCUT2D eigenvalue weighted by Gasteiger charge is 2.18. The summed E-state index contributed by atoms with van der Waals surface area (Å²) in [7, 11) is 0. The number of nitrogens with two attached hydrogens (primary N) is 1. The Morgan fingerprint density at radius 1 is 1.53 bits per heavy atom. The Bertz CT molecular complexity index is 195. The number of ether oxygens (including phenoxy) is 2. The van der Waals surface area contributed by atoms with E-state index >= 15 is 0 Å². The molecule has 1 heterocycles. The van der Waals surface area contributed by atoms with E-state index < -0.39 is 6.04 Å². The van der Waals surface area contributed by atoms with Crippen LogP contribution < -0.4 is 5.73 Å². The van der Waals surface area contributed by atoms with E-state index in [1.165, 1.54) is 0 Å². The number of hydrogen-bond acceptors (Lipinski definition) is 5. The zero-order valence-corrected chi connectivity index (χ0v) is 9.75. The van der Waals surface area contributed by atoms with Gasteiger partial charge in [-0.1, -0.05) is 0 Å². The molecular weight excluding hydrogens is 214 g/mol. The van der Waals surface area contributed by atoms with Gasteiger partial charge in [-0.25, -0.2) is 0 Å². The first kappa shape index (κ1) is 12.8. The predicted molar refractivity (Wildman–Crippen MR) is 60.9 cm³/mol. The summed E-state index contributed by atoms with van der Waals surface area (Å²) in [5.41, 5.74) is 5.60. The van der Waals surface area contributed by atoms with Crippen LogP contribution in [-0.2, 0) is 14.3 Å². The van der Waals surface area contributed by atoms with Gasteiger partial charge < -0.3 is 15.2 Å². The minimum Gasteiger partial charge on any atom is -0.464 e. The Morgan fingerprint density at radius 2 is 2.20 bits per heavy atom. The largest absolute Gasteiger partial charge is 0.464 e. The van der Waals surface area contributed by atoms with Crippen LogP contribution in [0.5, 0.6) is 0 Å². The predicted octanol–water partition coefficient (Wildman–Crippen LogP) is 0.603. The number of esters is 1. The number of carbonyl (C=O) groups excluding carboxylic acids is 1. The van der Waals surface area contributed by atoms with Crippen LogP contribution in [0.2, 0.25) is 0 Å². The van der Waals surface area contributed by atoms with E-state index in [9.17, 15) is 4.79 Å². The molecule has 1 saturated heterocycles. The van der Waals surface area contributed by atoms with Gasteiger partial charge in [-0.2, -0.15) is 12.6 Å². The van der Waals surface area contributed by atoms with E-state index in [1.807, 2.05) is 0 Å². The summed E-state index contributed by atoms with van der Waals surface area (Å²) in [6.07, 6.45) is 2.50. The average molecular weight is 233 g/mol. The van der Waals surface area contributed by atoms with Crippen LogP contribution >= 0.6 is 12.6 Å². The van der Waals surface area contributed by atoms with E-state index in [1.54, 1.807) is 0 Å². The van der Waals surface area contributed by atoms with Crippen molar-refractivity contribution < 1.29 is 14.3 Å². The molecule has 5 heteroatoms. The van der Waals surface area contributed by atoms with Crippen LogP contribution in [0.4, 0.5) is 0 Å². The van der Waals surface area contributed by atoms with Gasteiger partial charge in [-0.05, 0) is 30.9 Å². The normalized spacial score (nSPS) is 19.9. The van der Waals surface area contributed by atoms with Gasteiger partial charge >= 0.3 is 5.97 Å². The molecule has 1 unspecified atom stereocenters. The number of carbonyl (C=O) groups is 1. The molecule has 0 bridgehead atoms. The van der Waals surface area contributed by atoms with Gasteiger partial charge in [0.1, 0.15) is 6.04 Å². The van der Waals surface area contributed by atoms with Gasteiger partial charge in [0.15, 0.2) is 0 Å². The number of hydrogen-bond donors (Lipinski definition) is 2. The first-order valence-corrected chi connectivity index (χ1v) is 5.98. The van der Waals surface area contributed by atoms with Crippen molar-refractivity contribution in [2.45, 2.75) is 25.3 Å². The lowest BCUT2D eigenvalue weighted by atomic mass is 10.0. The first-order valence-electron chi connectivity index (χ1n) is 5.35. The second-order valence-electron chi connectivity index (χ2n) is 3.80. The maximum Gasteiger partial charge on any atom is 0.322 e. The Kier molecular flexibility index (Phi) is 6.05. The summed E-state index contributed by atoms with van der Waals surface area (Å²) in [4.78, 5) is 11.4. The van der Waals surface area contributed by atoms with Gasteiger partial charge in [0.05, 0.1) is 6.61 Å². The van der Waals surface area contributed by atoms with Crippen molar-refractivity contribution >= 4 is 18.6 Å². The summed E-state index contributed by atoms with van der Waals surface area (Å²) in [6.45, 7) is 2.01. The Hall–Kier alpha value is -0.260. The third-order valence-electron chi connectivity index (χ3n) is 2.55. The van der Waals surface area contributed by atoms with Gasteiger partial charge in [0.25, 0.3) is 0 Å². The SMILES string of the molecule is NC(CCS)C(=O)OCC1CCOCC1. The lowest BCUT2D eigenvalue weighted by molar-refractivity contribution is -0.147. The van der Waals surface area contributed by atoms with Gasteiger partial charge in [-0.3, -0.25) is 4.79 Å². The zero-order chi connectivity index (χ0) is 11.1. The smallest absolute Gasteiger partial charge is 0.322 e. The lowest BCUT2D eigenvalue weighted by Gasteiger charge is -2.22. The molecule has 4 nitrogen and oxygen atoms in total. The molecule has 0 aromatic carbocycles. The molecule has 0 amide bonds. The zero-order valence-electron chi connectivity index (χ0n) is 8.85. The molecular formula is C10H19NO3S. The molecule has 0 aromatic heterocycles. The molecule has 1 fully saturated rings. The highest BCUT2D eigenvalue weighted by atomic mass is 32.1. The third kappa shape index (κ3) is 4.86. The summed E-state index contributed by atoms with van der Waals surface area (Å²) in [5, 5.41) is 0. The molecule has 1 aliphatic rings. The Balaban J connectivity index is 2.14. The van der Waals surface area contributed by atoms with Crippen LogP contribution in [0.25, 0.3) is 0 Å². The molecule has 0 saturated carbocycles. The summed E-state index contributed by atoms with van der Waals surface area (Å²) in [6, 6.07) is -0.526. The number of thiol groups is 1. The van der Waals surface area contributed by atoms with Crippen molar-refractivity contribution in [3.05, 3.63) is 0 Å². The Morgan fingerprint density at radius 3 is 2.80 bits per heavy atom. The first-order chi connectivity index (χ1) is 7.24. The van der Waals surface area contributed by atoms with Crippen molar-refractivity contribution in [2.75, 3.05) is 25.6 Å². The number of rotatable bonds is 5. The van der Waals surface area contributed by atoms with Crippen LogP contribution in [0.15, 0.2) is 0 Å². The van der Waals surface area contributed by atoms with E-state index in [0.29, 0.717) is 24.7 Å². The van der Waals surface area contributed by atoms with Crippen LogP contribution in [0.1, 0.15) is 19.3 Å². The minimum absolute atomic E-state index is 0.310. The maximum atomic E-state index is 11.4. The second-order valence-corrected chi connectivity index (χ2v) is 4.25. The second kappa shape index (κ2) is 7.09. The van der Waals surface area contributed by atoms with Crippen molar-refractivity contribution in [2.24, 2.45) is 11.7 Å². The fourth-order valence-electron chi connectivity index (χ4n) is 1.48. The molecule has 2 N–H and O–H groups in total.